The number of nitrogens with one attached hydrogen (secondary N) is 1. The van der Waals surface area contributed by atoms with Crippen molar-refractivity contribution < 1.29 is 19.1 Å². The Kier molecular flexibility index (Phi) is 5.94. The van der Waals surface area contributed by atoms with Gasteiger partial charge < -0.3 is 15.0 Å². The molecule has 8 heteroatoms. The van der Waals surface area contributed by atoms with Gasteiger partial charge in [0.2, 0.25) is 5.91 Å². The number of hydrogen-bond acceptors (Lipinski definition) is 6. The van der Waals surface area contributed by atoms with Crippen LogP contribution in [0.25, 0.3) is 10.9 Å². The van der Waals surface area contributed by atoms with E-state index in [4.69, 9.17) is 9.72 Å². The number of esters is 1. The first kappa shape index (κ1) is 26.3. The molecular weight excluding hydrogens is 528 g/mol. The molecule has 2 aromatic heterocycles. The van der Waals surface area contributed by atoms with Crippen LogP contribution in [0, 0.1) is 0 Å². The number of carbonyl (C=O) groups excluding carboxylic acids is 3. The molecule has 42 heavy (non-hydrogen) atoms. The predicted octanol–water partition coefficient (Wildman–Crippen LogP) is 4.98. The van der Waals surface area contributed by atoms with E-state index in [1.165, 1.54) is 12.5 Å². The van der Waals surface area contributed by atoms with Crippen molar-refractivity contribution in [2.24, 2.45) is 0 Å². The highest BCUT2D eigenvalue weighted by Crippen LogP contribution is 2.46. The number of aryl methyl sites for hydroxylation is 1. The molecule has 8 nitrogen and oxygen atoms in total. The number of benzene rings is 2. The number of anilines is 1. The third kappa shape index (κ3) is 4.16. The average Bonchev–Trinajstić information content (AvgIpc) is 3.63. The number of carbonyl (C=O) groups is 3. The topological polar surface area (TPSA) is 101 Å². The first-order valence-electron chi connectivity index (χ1n) is 14.4. The fourth-order valence-electron chi connectivity index (χ4n) is 7.11. The second kappa shape index (κ2) is 9.48. The van der Waals surface area contributed by atoms with Gasteiger partial charge in [0.1, 0.15) is 5.82 Å². The Morgan fingerprint density at radius 3 is 2.74 bits per heavy atom. The molecule has 7 rings (SSSR count). The summed E-state index contributed by atoms with van der Waals surface area (Å²) >= 11 is 0. The molecule has 2 aliphatic carbocycles. The van der Waals surface area contributed by atoms with Crippen LogP contribution in [0.4, 0.5) is 5.82 Å². The summed E-state index contributed by atoms with van der Waals surface area (Å²) in [6.07, 6.45) is 4.50. The first-order valence-corrected chi connectivity index (χ1v) is 14.4. The van der Waals surface area contributed by atoms with Crippen molar-refractivity contribution in [3.8, 4) is 0 Å². The maximum Gasteiger partial charge on any atom is 0.303 e. The Morgan fingerprint density at radius 1 is 1.07 bits per heavy atom. The SMILES string of the molecule is CC(=O)OC(C)(C)C(=O)N(Cc1ccc2nc3c(cc2c1)C[C@@]1(C3)C(=O)Nc2ncccc21)C1CCc2ccccc21. The van der Waals surface area contributed by atoms with E-state index < -0.39 is 17.0 Å². The third-order valence-corrected chi connectivity index (χ3v) is 9.00. The van der Waals surface area contributed by atoms with E-state index in [1.54, 1.807) is 20.0 Å². The number of nitrogens with zero attached hydrogens (tertiary/aromatic N) is 3. The van der Waals surface area contributed by atoms with Gasteiger partial charge in [0, 0.05) is 42.7 Å². The molecule has 2 aromatic carbocycles. The van der Waals surface area contributed by atoms with Crippen molar-refractivity contribution in [3.63, 3.8) is 0 Å². The Bertz CT molecular complexity index is 1800. The van der Waals surface area contributed by atoms with E-state index in [-0.39, 0.29) is 17.9 Å². The lowest BCUT2D eigenvalue weighted by Crippen LogP contribution is -2.48. The Morgan fingerprint density at radius 2 is 1.90 bits per heavy atom. The highest BCUT2D eigenvalue weighted by molar-refractivity contribution is 6.06. The summed E-state index contributed by atoms with van der Waals surface area (Å²) in [5.74, 6) is -0.108. The Hall–Kier alpha value is -4.59. The molecule has 0 saturated carbocycles. The van der Waals surface area contributed by atoms with E-state index in [0.29, 0.717) is 25.2 Å². The van der Waals surface area contributed by atoms with Crippen LogP contribution in [0.15, 0.2) is 66.9 Å². The molecule has 0 radical (unpaired) electrons. The summed E-state index contributed by atoms with van der Waals surface area (Å²) in [5.41, 5.74) is 5.13. The minimum Gasteiger partial charge on any atom is -0.450 e. The summed E-state index contributed by atoms with van der Waals surface area (Å²) in [4.78, 5) is 50.2. The number of aromatic nitrogens is 2. The van der Waals surface area contributed by atoms with Crippen LogP contribution < -0.4 is 5.32 Å². The minimum absolute atomic E-state index is 0.0275. The number of rotatable bonds is 5. The van der Waals surface area contributed by atoms with Gasteiger partial charge in [0.05, 0.1) is 17.0 Å². The lowest BCUT2D eigenvalue weighted by Gasteiger charge is -2.36. The van der Waals surface area contributed by atoms with Crippen molar-refractivity contribution in [1.29, 1.82) is 0 Å². The Labute approximate surface area is 244 Å². The number of fused-ring (bicyclic) bond motifs is 5. The van der Waals surface area contributed by atoms with Crippen LogP contribution in [0.5, 0.6) is 0 Å². The quantitative estimate of drug-likeness (QED) is 0.346. The lowest BCUT2D eigenvalue weighted by atomic mass is 9.80. The largest absolute Gasteiger partial charge is 0.450 e. The summed E-state index contributed by atoms with van der Waals surface area (Å²) in [5, 5.41) is 3.92. The molecule has 3 aliphatic rings. The van der Waals surface area contributed by atoms with Gasteiger partial charge in [-0.2, -0.15) is 0 Å². The fraction of sp³-hybridized carbons (Fsp3) is 0.324. The maximum absolute atomic E-state index is 14.0. The molecular formula is C34H32N4O4. The molecule has 1 aliphatic heterocycles. The predicted molar refractivity (Wildman–Crippen MR) is 158 cm³/mol. The van der Waals surface area contributed by atoms with Gasteiger partial charge in [-0.05, 0) is 79.6 Å². The first-order chi connectivity index (χ1) is 20.1. The number of ether oxygens (including phenoxy) is 1. The van der Waals surface area contributed by atoms with Crippen LogP contribution in [-0.2, 0) is 50.3 Å². The van der Waals surface area contributed by atoms with E-state index >= 15 is 0 Å². The highest BCUT2D eigenvalue weighted by atomic mass is 16.6. The zero-order valence-electron chi connectivity index (χ0n) is 23.9. The molecule has 2 atom stereocenters. The molecule has 0 saturated heterocycles. The van der Waals surface area contributed by atoms with Gasteiger partial charge in [-0.1, -0.05) is 36.4 Å². The van der Waals surface area contributed by atoms with E-state index in [2.05, 4.69) is 34.6 Å². The van der Waals surface area contributed by atoms with Crippen LogP contribution in [0.1, 0.15) is 66.7 Å². The van der Waals surface area contributed by atoms with Gasteiger partial charge in [-0.25, -0.2) is 4.98 Å². The monoisotopic (exact) mass is 560 g/mol. The van der Waals surface area contributed by atoms with E-state index in [0.717, 1.165) is 51.7 Å². The fourth-order valence-corrected chi connectivity index (χ4v) is 7.11. The van der Waals surface area contributed by atoms with Crippen LogP contribution in [-0.4, -0.2) is 38.3 Å². The minimum atomic E-state index is -1.30. The summed E-state index contributed by atoms with van der Waals surface area (Å²) in [7, 11) is 0. The average molecular weight is 561 g/mol. The van der Waals surface area contributed by atoms with Gasteiger partial charge in [-0.3, -0.25) is 19.4 Å². The third-order valence-electron chi connectivity index (χ3n) is 9.00. The molecule has 1 unspecified atom stereocenters. The van der Waals surface area contributed by atoms with E-state index in [9.17, 15) is 14.4 Å². The zero-order chi connectivity index (χ0) is 29.2. The molecule has 0 fully saturated rings. The van der Waals surface area contributed by atoms with Crippen LogP contribution in [0.2, 0.25) is 0 Å². The summed E-state index contributed by atoms with van der Waals surface area (Å²) in [6.45, 7) is 5.00. The second-order valence-corrected chi connectivity index (χ2v) is 12.2. The van der Waals surface area contributed by atoms with Crippen molar-refractivity contribution in [2.45, 2.75) is 70.1 Å². The van der Waals surface area contributed by atoms with Crippen molar-refractivity contribution >= 4 is 34.5 Å². The van der Waals surface area contributed by atoms with Gasteiger partial charge in [0.15, 0.2) is 5.60 Å². The standard InChI is InChI=1S/C34H32N4O4/c1-20(39)42-33(2,3)32(41)38(29-13-11-22-7-4-5-8-25(22)29)19-21-10-12-27-23(15-21)16-24-17-34(18-28(24)36-27)26-9-6-14-35-30(26)37-31(34)40/h4-10,12,14-16,29H,11,13,17-19H2,1-3H3,(H,35,37,40)/t29?,34-/m0/s1. The summed E-state index contributed by atoms with van der Waals surface area (Å²) < 4.78 is 5.49. The maximum atomic E-state index is 14.0. The van der Waals surface area contributed by atoms with E-state index in [1.807, 2.05) is 41.3 Å². The van der Waals surface area contributed by atoms with Crippen molar-refractivity contribution in [1.82, 2.24) is 14.9 Å². The molecule has 4 aromatic rings. The molecule has 212 valence electrons. The van der Waals surface area contributed by atoms with Gasteiger partial charge in [0.25, 0.3) is 5.91 Å². The number of amides is 2. The van der Waals surface area contributed by atoms with Crippen molar-refractivity contribution in [3.05, 3.63) is 100 Å². The molecule has 1 N–H and O–H groups in total. The Balaban J connectivity index is 1.23. The normalized spacial score (nSPS) is 20.3. The van der Waals surface area contributed by atoms with Crippen LogP contribution >= 0.6 is 0 Å². The molecule has 1 spiro atoms. The zero-order valence-corrected chi connectivity index (χ0v) is 23.9. The lowest BCUT2D eigenvalue weighted by molar-refractivity contribution is -0.170. The van der Waals surface area contributed by atoms with Crippen molar-refractivity contribution in [2.75, 3.05) is 5.32 Å². The smallest absolute Gasteiger partial charge is 0.303 e. The van der Waals surface area contributed by atoms with Crippen LogP contribution in [0.3, 0.4) is 0 Å². The number of pyridine rings is 2. The summed E-state index contributed by atoms with van der Waals surface area (Å²) in [6, 6.07) is 20.2. The van der Waals surface area contributed by atoms with Gasteiger partial charge in [-0.15, -0.1) is 0 Å². The number of hydrogen-bond donors (Lipinski definition) is 1. The molecule has 3 heterocycles. The molecule has 2 amide bonds. The van der Waals surface area contributed by atoms with Gasteiger partial charge >= 0.3 is 5.97 Å². The highest BCUT2D eigenvalue weighted by Gasteiger charge is 2.51. The second-order valence-electron chi connectivity index (χ2n) is 12.2. The molecule has 0 bridgehead atoms.